The molecule has 0 bridgehead atoms. The highest BCUT2D eigenvalue weighted by molar-refractivity contribution is 9.10. The lowest BCUT2D eigenvalue weighted by molar-refractivity contribution is 0.0195. The quantitative estimate of drug-likeness (QED) is 0.647. The number of hydrogen-bond acceptors (Lipinski definition) is 4. The maximum absolute atomic E-state index is 6.00. The van der Waals surface area contributed by atoms with E-state index in [0.29, 0.717) is 23.1 Å². The zero-order valence-electron chi connectivity index (χ0n) is 14.8. The van der Waals surface area contributed by atoms with Crippen LogP contribution in [0, 0.1) is 0 Å². The van der Waals surface area contributed by atoms with Crippen molar-refractivity contribution in [2.75, 3.05) is 33.4 Å². The lowest BCUT2D eigenvalue weighted by Crippen LogP contribution is -2.34. The standard InChI is InChI=1S/C20H23BrClNO3/c1-24-20-11-17(22)7-8-19(20)26-14-18-13-23(9-2-10-25-18)12-15-3-5-16(21)6-4-15/h3-8,11,18H,2,9-10,12-14H2,1H3. The minimum Gasteiger partial charge on any atom is -0.493 e. The molecule has 0 spiro atoms. The van der Waals surface area contributed by atoms with Crippen molar-refractivity contribution in [3.8, 4) is 11.5 Å². The summed E-state index contributed by atoms with van der Waals surface area (Å²) in [5.74, 6) is 1.32. The molecule has 0 N–H and O–H groups in total. The van der Waals surface area contributed by atoms with Crippen molar-refractivity contribution in [2.24, 2.45) is 0 Å². The molecular weight excluding hydrogens is 418 g/mol. The van der Waals surface area contributed by atoms with E-state index in [1.165, 1.54) is 5.56 Å². The molecule has 1 fully saturated rings. The van der Waals surface area contributed by atoms with E-state index in [9.17, 15) is 0 Å². The van der Waals surface area contributed by atoms with Crippen LogP contribution >= 0.6 is 27.5 Å². The fourth-order valence-corrected chi connectivity index (χ4v) is 3.43. The third-order valence-corrected chi connectivity index (χ3v) is 5.07. The number of halogens is 2. The number of hydrogen-bond donors (Lipinski definition) is 0. The normalized spacial score (nSPS) is 18.3. The Labute approximate surface area is 168 Å². The Balaban J connectivity index is 1.58. The fraction of sp³-hybridized carbons (Fsp3) is 0.400. The van der Waals surface area contributed by atoms with Crippen molar-refractivity contribution in [2.45, 2.75) is 19.1 Å². The van der Waals surface area contributed by atoms with Gasteiger partial charge in [-0.1, -0.05) is 39.7 Å². The Hall–Kier alpha value is -1.27. The van der Waals surface area contributed by atoms with Gasteiger partial charge in [0.25, 0.3) is 0 Å². The average Bonchev–Trinajstić information content (AvgIpc) is 2.87. The first-order valence-electron chi connectivity index (χ1n) is 8.69. The monoisotopic (exact) mass is 439 g/mol. The molecule has 1 aliphatic heterocycles. The molecule has 2 aromatic carbocycles. The second-order valence-electron chi connectivity index (χ2n) is 6.31. The number of nitrogens with zero attached hydrogens (tertiary/aromatic N) is 1. The summed E-state index contributed by atoms with van der Waals surface area (Å²) in [4.78, 5) is 2.42. The van der Waals surface area contributed by atoms with Crippen molar-refractivity contribution in [3.05, 3.63) is 57.5 Å². The third kappa shape index (κ3) is 5.61. The predicted octanol–water partition coefficient (Wildman–Crippen LogP) is 4.78. The summed E-state index contributed by atoms with van der Waals surface area (Å²) in [7, 11) is 1.61. The van der Waals surface area contributed by atoms with Crippen LogP contribution in [0.3, 0.4) is 0 Å². The van der Waals surface area contributed by atoms with Gasteiger partial charge in [-0.3, -0.25) is 4.90 Å². The van der Waals surface area contributed by atoms with E-state index >= 15 is 0 Å². The van der Waals surface area contributed by atoms with Crippen LogP contribution in [0.2, 0.25) is 5.02 Å². The maximum Gasteiger partial charge on any atom is 0.162 e. The Bertz CT molecular complexity index is 711. The Kier molecular flexibility index (Phi) is 7.20. The molecule has 0 radical (unpaired) electrons. The van der Waals surface area contributed by atoms with E-state index in [2.05, 4.69) is 45.1 Å². The first-order valence-corrected chi connectivity index (χ1v) is 9.86. The molecule has 0 aromatic heterocycles. The van der Waals surface area contributed by atoms with Crippen LogP contribution in [0.5, 0.6) is 11.5 Å². The van der Waals surface area contributed by atoms with Crippen LogP contribution in [-0.4, -0.2) is 44.4 Å². The number of methoxy groups -OCH3 is 1. The second-order valence-corrected chi connectivity index (χ2v) is 7.67. The molecule has 1 heterocycles. The van der Waals surface area contributed by atoms with Crippen molar-refractivity contribution >= 4 is 27.5 Å². The van der Waals surface area contributed by atoms with Crippen molar-refractivity contribution in [1.29, 1.82) is 0 Å². The molecule has 0 saturated carbocycles. The molecular formula is C20H23BrClNO3. The van der Waals surface area contributed by atoms with Crippen molar-refractivity contribution in [3.63, 3.8) is 0 Å². The van der Waals surface area contributed by atoms with Crippen LogP contribution in [0.1, 0.15) is 12.0 Å². The van der Waals surface area contributed by atoms with Crippen LogP contribution in [-0.2, 0) is 11.3 Å². The largest absolute Gasteiger partial charge is 0.493 e. The Morgan fingerprint density at radius 2 is 2.00 bits per heavy atom. The van der Waals surface area contributed by atoms with Gasteiger partial charge in [0, 0.05) is 41.8 Å². The van der Waals surface area contributed by atoms with E-state index in [0.717, 1.165) is 37.1 Å². The van der Waals surface area contributed by atoms with Crippen LogP contribution in [0.25, 0.3) is 0 Å². The molecule has 1 unspecified atom stereocenters. The highest BCUT2D eigenvalue weighted by atomic mass is 79.9. The zero-order chi connectivity index (χ0) is 18.4. The Morgan fingerprint density at radius 1 is 1.19 bits per heavy atom. The van der Waals surface area contributed by atoms with Gasteiger partial charge in [-0.05, 0) is 36.2 Å². The van der Waals surface area contributed by atoms with Gasteiger partial charge in [-0.15, -0.1) is 0 Å². The van der Waals surface area contributed by atoms with Gasteiger partial charge in [0.2, 0.25) is 0 Å². The molecule has 2 aromatic rings. The molecule has 3 rings (SSSR count). The minimum atomic E-state index is 0.0216. The van der Waals surface area contributed by atoms with Gasteiger partial charge in [0.05, 0.1) is 7.11 Å². The first kappa shape index (κ1) is 19.5. The maximum atomic E-state index is 6.00. The summed E-state index contributed by atoms with van der Waals surface area (Å²) in [6, 6.07) is 13.9. The van der Waals surface area contributed by atoms with Gasteiger partial charge in [0.1, 0.15) is 12.7 Å². The van der Waals surface area contributed by atoms with Crippen molar-refractivity contribution in [1.82, 2.24) is 4.90 Å². The van der Waals surface area contributed by atoms with Crippen LogP contribution in [0.4, 0.5) is 0 Å². The molecule has 1 aliphatic rings. The lowest BCUT2D eigenvalue weighted by Gasteiger charge is -2.24. The number of rotatable bonds is 6. The number of ether oxygens (including phenoxy) is 3. The van der Waals surface area contributed by atoms with E-state index in [-0.39, 0.29) is 6.10 Å². The molecule has 0 amide bonds. The van der Waals surface area contributed by atoms with Gasteiger partial charge >= 0.3 is 0 Å². The smallest absolute Gasteiger partial charge is 0.162 e. The summed E-state index contributed by atoms with van der Waals surface area (Å²) in [5.41, 5.74) is 1.30. The second kappa shape index (κ2) is 9.60. The third-order valence-electron chi connectivity index (χ3n) is 4.30. The fourth-order valence-electron chi connectivity index (χ4n) is 3.01. The summed E-state index contributed by atoms with van der Waals surface area (Å²) in [6.45, 7) is 4.01. The average molecular weight is 441 g/mol. The van der Waals surface area contributed by atoms with Gasteiger partial charge in [-0.25, -0.2) is 0 Å². The summed E-state index contributed by atoms with van der Waals surface area (Å²) in [5, 5.41) is 0.626. The molecule has 1 saturated heterocycles. The summed E-state index contributed by atoms with van der Waals surface area (Å²) in [6.07, 6.45) is 1.05. The van der Waals surface area contributed by atoms with Gasteiger partial charge in [-0.2, -0.15) is 0 Å². The molecule has 1 atom stereocenters. The van der Waals surface area contributed by atoms with Crippen LogP contribution < -0.4 is 9.47 Å². The SMILES string of the molecule is COc1cc(Cl)ccc1OCC1CN(Cc2ccc(Br)cc2)CCCO1. The molecule has 4 nitrogen and oxygen atoms in total. The molecule has 140 valence electrons. The van der Waals surface area contributed by atoms with E-state index in [1.807, 2.05) is 6.07 Å². The van der Waals surface area contributed by atoms with E-state index in [4.69, 9.17) is 25.8 Å². The highest BCUT2D eigenvalue weighted by Gasteiger charge is 2.20. The predicted molar refractivity (Wildman–Crippen MR) is 107 cm³/mol. The topological polar surface area (TPSA) is 30.9 Å². The Morgan fingerprint density at radius 3 is 2.77 bits per heavy atom. The summed E-state index contributed by atoms with van der Waals surface area (Å²) >= 11 is 9.48. The molecule has 26 heavy (non-hydrogen) atoms. The van der Waals surface area contributed by atoms with Gasteiger partial charge in [0.15, 0.2) is 11.5 Å². The van der Waals surface area contributed by atoms with E-state index < -0.39 is 0 Å². The van der Waals surface area contributed by atoms with Crippen molar-refractivity contribution < 1.29 is 14.2 Å². The molecule has 6 heteroatoms. The number of benzene rings is 2. The minimum absolute atomic E-state index is 0.0216. The van der Waals surface area contributed by atoms with E-state index in [1.54, 1.807) is 19.2 Å². The first-order chi connectivity index (χ1) is 12.6. The molecule has 0 aliphatic carbocycles. The summed E-state index contributed by atoms with van der Waals surface area (Å²) < 4.78 is 18.4. The lowest BCUT2D eigenvalue weighted by atomic mass is 10.2. The van der Waals surface area contributed by atoms with Crippen LogP contribution in [0.15, 0.2) is 46.9 Å². The zero-order valence-corrected chi connectivity index (χ0v) is 17.1. The highest BCUT2D eigenvalue weighted by Crippen LogP contribution is 2.30. The van der Waals surface area contributed by atoms with Gasteiger partial charge < -0.3 is 14.2 Å².